The second-order valence-electron chi connectivity index (χ2n) is 5.29. The van der Waals surface area contributed by atoms with E-state index in [0.717, 1.165) is 12.0 Å². The Hall–Kier alpha value is -0.0800. The molecule has 0 aromatic heterocycles. The van der Waals surface area contributed by atoms with Crippen LogP contribution >= 0.6 is 0 Å². The number of nitrogens with zero attached hydrogens (tertiary/aromatic N) is 1. The first-order chi connectivity index (χ1) is 7.40. The van der Waals surface area contributed by atoms with Crippen molar-refractivity contribution in [2.24, 2.45) is 5.92 Å². The average Bonchev–Trinajstić information content (AvgIpc) is 2.87. The summed E-state index contributed by atoms with van der Waals surface area (Å²) in [5, 5.41) is 3.56. The SMILES string of the molecule is CCCNCC1CCN(C2CCCC2)C1. The van der Waals surface area contributed by atoms with E-state index in [0.29, 0.717) is 0 Å². The van der Waals surface area contributed by atoms with Gasteiger partial charge in [0.15, 0.2) is 0 Å². The van der Waals surface area contributed by atoms with E-state index in [1.54, 1.807) is 0 Å². The minimum Gasteiger partial charge on any atom is -0.316 e. The Morgan fingerprint density at radius 3 is 2.73 bits per heavy atom. The molecule has 2 heteroatoms. The van der Waals surface area contributed by atoms with Crippen LogP contribution in [0, 0.1) is 5.92 Å². The van der Waals surface area contributed by atoms with E-state index < -0.39 is 0 Å². The van der Waals surface area contributed by atoms with Crippen molar-refractivity contribution in [3.63, 3.8) is 0 Å². The van der Waals surface area contributed by atoms with Crippen LogP contribution in [-0.2, 0) is 0 Å². The summed E-state index contributed by atoms with van der Waals surface area (Å²) < 4.78 is 0. The summed E-state index contributed by atoms with van der Waals surface area (Å²) in [6.45, 7) is 7.41. The third-order valence-electron chi connectivity index (χ3n) is 4.02. The lowest BCUT2D eigenvalue weighted by Gasteiger charge is -2.23. The lowest BCUT2D eigenvalue weighted by molar-refractivity contribution is 0.236. The molecule has 0 radical (unpaired) electrons. The van der Waals surface area contributed by atoms with E-state index in [-0.39, 0.29) is 0 Å². The molecule has 2 nitrogen and oxygen atoms in total. The second kappa shape index (κ2) is 5.86. The first-order valence-corrected chi connectivity index (χ1v) is 6.85. The molecule has 2 fully saturated rings. The molecule has 0 aromatic carbocycles. The van der Waals surface area contributed by atoms with Gasteiger partial charge in [0.2, 0.25) is 0 Å². The van der Waals surface area contributed by atoms with Crippen LogP contribution < -0.4 is 5.32 Å². The first kappa shape index (κ1) is 11.4. The van der Waals surface area contributed by atoms with Crippen LogP contribution in [0.15, 0.2) is 0 Å². The molecule has 0 aromatic rings. The van der Waals surface area contributed by atoms with Gasteiger partial charge in [-0.05, 0) is 51.2 Å². The number of rotatable bonds is 5. The molecule has 1 aliphatic heterocycles. The third-order valence-corrected chi connectivity index (χ3v) is 4.02. The number of likely N-dealkylation sites (tertiary alicyclic amines) is 1. The highest BCUT2D eigenvalue weighted by Crippen LogP contribution is 2.28. The van der Waals surface area contributed by atoms with E-state index in [1.807, 2.05) is 0 Å². The van der Waals surface area contributed by atoms with Gasteiger partial charge in [0.1, 0.15) is 0 Å². The molecule has 1 aliphatic carbocycles. The molecule has 2 rings (SSSR count). The molecule has 1 atom stereocenters. The fourth-order valence-corrected chi connectivity index (χ4v) is 3.11. The van der Waals surface area contributed by atoms with Gasteiger partial charge in [-0.25, -0.2) is 0 Å². The highest BCUT2D eigenvalue weighted by molar-refractivity contribution is 4.84. The van der Waals surface area contributed by atoms with Gasteiger partial charge in [0, 0.05) is 12.6 Å². The summed E-state index contributed by atoms with van der Waals surface area (Å²) in [5.41, 5.74) is 0. The molecule has 88 valence electrons. The molecule has 1 saturated carbocycles. The quantitative estimate of drug-likeness (QED) is 0.700. The number of nitrogens with one attached hydrogen (secondary N) is 1. The molecule has 2 aliphatic rings. The van der Waals surface area contributed by atoms with Crippen LogP contribution in [0.3, 0.4) is 0 Å². The van der Waals surface area contributed by atoms with Crippen molar-refractivity contribution < 1.29 is 0 Å². The van der Waals surface area contributed by atoms with Crippen LogP contribution in [0.1, 0.15) is 45.4 Å². The predicted molar refractivity (Wildman–Crippen MR) is 65.1 cm³/mol. The normalized spacial score (nSPS) is 29.0. The fourth-order valence-electron chi connectivity index (χ4n) is 3.11. The first-order valence-electron chi connectivity index (χ1n) is 6.85. The van der Waals surface area contributed by atoms with Crippen molar-refractivity contribution in [1.82, 2.24) is 10.2 Å². The van der Waals surface area contributed by atoms with E-state index in [4.69, 9.17) is 0 Å². The van der Waals surface area contributed by atoms with Crippen LogP contribution in [-0.4, -0.2) is 37.1 Å². The second-order valence-corrected chi connectivity index (χ2v) is 5.29. The summed E-state index contributed by atoms with van der Waals surface area (Å²) in [6.07, 6.45) is 8.57. The molecule has 0 spiro atoms. The Labute approximate surface area is 94.4 Å². The summed E-state index contributed by atoms with van der Waals surface area (Å²) in [7, 11) is 0. The molecule has 15 heavy (non-hydrogen) atoms. The van der Waals surface area contributed by atoms with Gasteiger partial charge in [0.05, 0.1) is 0 Å². The molecule has 1 heterocycles. The summed E-state index contributed by atoms with van der Waals surface area (Å²) in [4.78, 5) is 2.76. The lowest BCUT2D eigenvalue weighted by atomic mass is 10.1. The topological polar surface area (TPSA) is 15.3 Å². The smallest absolute Gasteiger partial charge is 0.00953 e. The van der Waals surface area contributed by atoms with Crippen molar-refractivity contribution in [3.8, 4) is 0 Å². The van der Waals surface area contributed by atoms with Crippen molar-refractivity contribution in [2.75, 3.05) is 26.2 Å². The molecule has 0 amide bonds. The Bertz CT molecular complexity index is 175. The largest absolute Gasteiger partial charge is 0.316 e. The Morgan fingerprint density at radius 2 is 2.00 bits per heavy atom. The van der Waals surface area contributed by atoms with E-state index in [2.05, 4.69) is 17.1 Å². The van der Waals surface area contributed by atoms with E-state index >= 15 is 0 Å². The molecule has 1 saturated heterocycles. The van der Waals surface area contributed by atoms with Gasteiger partial charge < -0.3 is 10.2 Å². The Morgan fingerprint density at radius 1 is 1.20 bits per heavy atom. The zero-order valence-corrected chi connectivity index (χ0v) is 10.2. The maximum Gasteiger partial charge on any atom is 0.00953 e. The highest BCUT2D eigenvalue weighted by atomic mass is 15.2. The monoisotopic (exact) mass is 210 g/mol. The van der Waals surface area contributed by atoms with Gasteiger partial charge in [-0.15, -0.1) is 0 Å². The fraction of sp³-hybridized carbons (Fsp3) is 1.00. The predicted octanol–water partition coefficient (Wildman–Crippen LogP) is 2.25. The van der Waals surface area contributed by atoms with Crippen molar-refractivity contribution in [1.29, 1.82) is 0 Å². The number of hydrogen-bond acceptors (Lipinski definition) is 2. The van der Waals surface area contributed by atoms with Gasteiger partial charge in [0.25, 0.3) is 0 Å². The van der Waals surface area contributed by atoms with Gasteiger partial charge in [-0.2, -0.15) is 0 Å². The van der Waals surface area contributed by atoms with Crippen molar-refractivity contribution in [3.05, 3.63) is 0 Å². The van der Waals surface area contributed by atoms with E-state index in [1.165, 1.54) is 64.7 Å². The maximum atomic E-state index is 3.56. The number of hydrogen-bond donors (Lipinski definition) is 1. The summed E-state index contributed by atoms with van der Waals surface area (Å²) in [6, 6.07) is 0.946. The zero-order valence-electron chi connectivity index (χ0n) is 10.2. The Kier molecular flexibility index (Phi) is 4.45. The van der Waals surface area contributed by atoms with Gasteiger partial charge >= 0.3 is 0 Å². The summed E-state index contributed by atoms with van der Waals surface area (Å²) in [5.74, 6) is 0.928. The lowest BCUT2D eigenvalue weighted by Crippen LogP contribution is -2.32. The minimum atomic E-state index is 0.928. The summed E-state index contributed by atoms with van der Waals surface area (Å²) >= 11 is 0. The molecular weight excluding hydrogens is 184 g/mol. The molecule has 1 N–H and O–H groups in total. The maximum absolute atomic E-state index is 3.56. The van der Waals surface area contributed by atoms with Crippen LogP contribution in [0.4, 0.5) is 0 Å². The average molecular weight is 210 g/mol. The molecule has 1 unspecified atom stereocenters. The minimum absolute atomic E-state index is 0.928. The van der Waals surface area contributed by atoms with Crippen molar-refractivity contribution >= 4 is 0 Å². The van der Waals surface area contributed by atoms with E-state index in [9.17, 15) is 0 Å². The highest BCUT2D eigenvalue weighted by Gasteiger charge is 2.29. The van der Waals surface area contributed by atoms with Gasteiger partial charge in [-0.1, -0.05) is 19.8 Å². The van der Waals surface area contributed by atoms with Gasteiger partial charge in [-0.3, -0.25) is 0 Å². The molecular formula is C13H26N2. The zero-order chi connectivity index (χ0) is 10.5. The molecule has 0 bridgehead atoms. The third kappa shape index (κ3) is 3.18. The Balaban J connectivity index is 1.65. The van der Waals surface area contributed by atoms with Crippen LogP contribution in [0.5, 0.6) is 0 Å². The standard InChI is InChI=1S/C13H26N2/c1-2-8-14-10-12-7-9-15(11-12)13-5-3-4-6-13/h12-14H,2-11H2,1H3. The van der Waals surface area contributed by atoms with Crippen molar-refractivity contribution in [2.45, 2.75) is 51.5 Å². The van der Waals surface area contributed by atoms with Crippen LogP contribution in [0.2, 0.25) is 0 Å². The van der Waals surface area contributed by atoms with Crippen LogP contribution in [0.25, 0.3) is 0 Å².